The Hall–Kier alpha value is -2.05. The van der Waals surface area contributed by atoms with Crippen molar-refractivity contribution < 1.29 is 27.9 Å². The molecule has 0 saturated heterocycles. The van der Waals surface area contributed by atoms with Crippen LogP contribution in [0.15, 0.2) is 24.3 Å². The van der Waals surface area contributed by atoms with Crippen molar-refractivity contribution in [2.24, 2.45) is 11.3 Å². The molecule has 0 aliphatic carbocycles. The standard InChI is InChI=1S/C17H22F3NO3/c1-11(14(22)21-8-7-16(2,3)15(23)24)9-12-5-4-6-13(10-12)17(18,19)20/h4-6,10-11H,7-9H2,1-3H3,(H,21,22)(H,23,24). The van der Waals surface area contributed by atoms with Crippen molar-refractivity contribution in [3.05, 3.63) is 35.4 Å². The fraction of sp³-hybridized carbons (Fsp3) is 0.529. The summed E-state index contributed by atoms with van der Waals surface area (Å²) in [7, 11) is 0. The van der Waals surface area contributed by atoms with Crippen molar-refractivity contribution in [1.29, 1.82) is 0 Å². The highest BCUT2D eigenvalue weighted by atomic mass is 19.4. The molecule has 0 aliphatic heterocycles. The van der Waals surface area contributed by atoms with Gasteiger partial charge in [0, 0.05) is 12.5 Å². The minimum absolute atomic E-state index is 0.179. The number of rotatable bonds is 7. The molecule has 4 nitrogen and oxygen atoms in total. The smallest absolute Gasteiger partial charge is 0.416 e. The van der Waals surface area contributed by atoms with Gasteiger partial charge in [-0.25, -0.2) is 0 Å². The monoisotopic (exact) mass is 345 g/mol. The van der Waals surface area contributed by atoms with E-state index >= 15 is 0 Å². The first-order chi connectivity index (χ1) is 10.9. The molecule has 0 aromatic heterocycles. The molecular weight excluding hydrogens is 323 g/mol. The molecule has 0 aliphatic rings. The molecule has 1 amide bonds. The predicted molar refractivity (Wildman–Crippen MR) is 83.4 cm³/mol. The molecule has 1 unspecified atom stereocenters. The van der Waals surface area contributed by atoms with Crippen molar-refractivity contribution in [3.63, 3.8) is 0 Å². The van der Waals surface area contributed by atoms with Gasteiger partial charge < -0.3 is 10.4 Å². The molecule has 134 valence electrons. The minimum Gasteiger partial charge on any atom is -0.481 e. The maximum atomic E-state index is 12.7. The number of benzene rings is 1. The van der Waals surface area contributed by atoms with Gasteiger partial charge in [0.05, 0.1) is 11.0 Å². The summed E-state index contributed by atoms with van der Waals surface area (Å²) >= 11 is 0. The van der Waals surface area contributed by atoms with Crippen LogP contribution in [0.4, 0.5) is 13.2 Å². The number of hydrogen-bond acceptors (Lipinski definition) is 2. The molecule has 0 heterocycles. The first kappa shape index (κ1) is 20.0. The largest absolute Gasteiger partial charge is 0.481 e. The number of aliphatic carboxylic acids is 1. The third kappa shape index (κ3) is 5.86. The Labute approximate surface area is 139 Å². The highest BCUT2D eigenvalue weighted by molar-refractivity contribution is 5.78. The summed E-state index contributed by atoms with van der Waals surface area (Å²) in [5.74, 6) is -1.77. The van der Waals surface area contributed by atoms with E-state index < -0.39 is 29.0 Å². The van der Waals surface area contributed by atoms with Crippen LogP contribution in [0.25, 0.3) is 0 Å². The number of amides is 1. The first-order valence-electron chi connectivity index (χ1n) is 7.61. The maximum Gasteiger partial charge on any atom is 0.416 e. The molecule has 0 radical (unpaired) electrons. The highest BCUT2D eigenvalue weighted by Gasteiger charge is 2.30. The van der Waals surface area contributed by atoms with Gasteiger partial charge in [0.15, 0.2) is 0 Å². The van der Waals surface area contributed by atoms with E-state index in [4.69, 9.17) is 5.11 Å². The summed E-state index contributed by atoms with van der Waals surface area (Å²) in [6.45, 7) is 4.95. The van der Waals surface area contributed by atoms with Crippen molar-refractivity contribution >= 4 is 11.9 Å². The number of halogens is 3. The maximum absolute atomic E-state index is 12.7. The molecule has 2 N–H and O–H groups in total. The van der Waals surface area contributed by atoms with E-state index in [0.29, 0.717) is 5.56 Å². The topological polar surface area (TPSA) is 66.4 Å². The minimum atomic E-state index is -4.41. The summed E-state index contributed by atoms with van der Waals surface area (Å²) in [4.78, 5) is 23.0. The number of carboxylic acid groups (broad SMARTS) is 1. The van der Waals surface area contributed by atoms with Crippen molar-refractivity contribution in [2.45, 2.75) is 39.8 Å². The zero-order valence-electron chi connectivity index (χ0n) is 13.9. The molecule has 0 bridgehead atoms. The Morgan fingerprint density at radius 3 is 2.42 bits per heavy atom. The SMILES string of the molecule is CC(Cc1cccc(C(F)(F)F)c1)C(=O)NCCC(C)(C)C(=O)O. The zero-order chi connectivity index (χ0) is 18.5. The van der Waals surface area contributed by atoms with Crippen LogP contribution >= 0.6 is 0 Å². The lowest BCUT2D eigenvalue weighted by atomic mass is 9.89. The van der Waals surface area contributed by atoms with Crippen LogP contribution in [-0.4, -0.2) is 23.5 Å². The van der Waals surface area contributed by atoms with E-state index in [9.17, 15) is 22.8 Å². The molecule has 0 saturated carbocycles. The van der Waals surface area contributed by atoms with Gasteiger partial charge in [-0.05, 0) is 38.3 Å². The quantitative estimate of drug-likeness (QED) is 0.795. The van der Waals surface area contributed by atoms with E-state index in [-0.39, 0.29) is 25.3 Å². The summed E-state index contributed by atoms with van der Waals surface area (Å²) in [6.07, 6.45) is -3.97. The van der Waals surface area contributed by atoms with Gasteiger partial charge in [0.2, 0.25) is 5.91 Å². The summed E-state index contributed by atoms with van der Waals surface area (Å²) < 4.78 is 38.0. The zero-order valence-corrected chi connectivity index (χ0v) is 13.9. The molecule has 1 rings (SSSR count). The van der Waals surface area contributed by atoms with Gasteiger partial charge in [-0.2, -0.15) is 13.2 Å². The third-order valence-electron chi connectivity index (χ3n) is 3.87. The molecule has 24 heavy (non-hydrogen) atoms. The normalized spacial score (nSPS) is 13.4. The van der Waals surface area contributed by atoms with Crippen molar-refractivity contribution in [2.75, 3.05) is 6.54 Å². The Bertz CT molecular complexity index is 597. The lowest BCUT2D eigenvalue weighted by Crippen LogP contribution is -2.35. The van der Waals surface area contributed by atoms with Crippen LogP contribution in [0.5, 0.6) is 0 Å². The van der Waals surface area contributed by atoms with Crippen LogP contribution in [-0.2, 0) is 22.2 Å². The number of hydrogen-bond donors (Lipinski definition) is 2. The fourth-order valence-corrected chi connectivity index (χ4v) is 2.10. The van der Waals surface area contributed by atoms with Crippen LogP contribution in [0, 0.1) is 11.3 Å². The number of alkyl halides is 3. The molecule has 7 heteroatoms. The molecule has 1 atom stereocenters. The van der Waals surface area contributed by atoms with Crippen molar-refractivity contribution in [1.82, 2.24) is 5.32 Å². The molecule has 1 aromatic rings. The second kappa shape index (κ2) is 7.68. The van der Waals surface area contributed by atoms with E-state index in [1.165, 1.54) is 6.07 Å². The Balaban J connectivity index is 2.57. The third-order valence-corrected chi connectivity index (χ3v) is 3.87. The second-order valence-electron chi connectivity index (χ2n) is 6.53. The fourth-order valence-electron chi connectivity index (χ4n) is 2.10. The number of nitrogens with one attached hydrogen (secondary N) is 1. The lowest BCUT2D eigenvalue weighted by Gasteiger charge is -2.20. The molecular formula is C17H22F3NO3. The highest BCUT2D eigenvalue weighted by Crippen LogP contribution is 2.30. The van der Waals surface area contributed by atoms with Gasteiger partial charge in [0.1, 0.15) is 0 Å². The van der Waals surface area contributed by atoms with Gasteiger partial charge >= 0.3 is 12.1 Å². The second-order valence-corrected chi connectivity index (χ2v) is 6.53. The number of carboxylic acids is 1. The van der Waals surface area contributed by atoms with E-state index in [0.717, 1.165) is 12.1 Å². The predicted octanol–water partition coefficient (Wildman–Crippen LogP) is 3.50. The Morgan fingerprint density at radius 2 is 1.88 bits per heavy atom. The van der Waals surface area contributed by atoms with Gasteiger partial charge in [-0.15, -0.1) is 0 Å². The van der Waals surface area contributed by atoms with Gasteiger partial charge in [-0.1, -0.05) is 25.1 Å². The van der Waals surface area contributed by atoms with Crippen molar-refractivity contribution in [3.8, 4) is 0 Å². The van der Waals surface area contributed by atoms with E-state index in [1.54, 1.807) is 26.8 Å². The average Bonchev–Trinajstić information content (AvgIpc) is 2.46. The van der Waals surface area contributed by atoms with Crippen LogP contribution in [0.3, 0.4) is 0 Å². The van der Waals surface area contributed by atoms with E-state index in [1.807, 2.05) is 0 Å². The summed E-state index contributed by atoms with van der Waals surface area (Å²) in [6, 6.07) is 4.89. The van der Waals surface area contributed by atoms with Crippen LogP contribution < -0.4 is 5.32 Å². The Kier molecular flexibility index (Phi) is 6.40. The molecule has 0 fully saturated rings. The van der Waals surface area contributed by atoms with Crippen LogP contribution in [0.1, 0.15) is 38.3 Å². The van der Waals surface area contributed by atoms with E-state index in [2.05, 4.69) is 5.32 Å². The number of carbonyl (C=O) groups is 2. The summed E-state index contributed by atoms with van der Waals surface area (Å²) in [5.41, 5.74) is -1.26. The number of carbonyl (C=O) groups excluding carboxylic acids is 1. The average molecular weight is 345 g/mol. The Morgan fingerprint density at radius 1 is 1.25 bits per heavy atom. The van der Waals surface area contributed by atoms with Crippen LogP contribution in [0.2, 0.25) is 0 Å². The first-order valence-corrected chi connectivity index (χ1v) is 7.61. The molecule has 0 spiro atoms. The van der Waals surface area contributed by atoms with Gasteiger partial charge in [0.25, 0.3) is 0 Å². The van der Waals surface area contributed by atoms with Gasteiger partial charge in [-0.3, -0.25) is 9.59 Å². The molecule has 1 aromatic carbocycles. The lowest BCUT2D eigenvalue weighted by molar-refractivity contribution is -0.147. The summed E-state index contributed by atoms with van der Waals surface area (Å²) in [5, 5.41) is 11.6.